The SMILES string of the molecule is CC1(C)S[C@H]([Si](C)(C)C)O[C@@H]2c3cccc(OCc4ccccc4)c3CC[C@@H]21. The highest BCUT2D eigenvalue weighted by molar-refractivity contribution is 8.02. The second kappa shape index (κ2) is 7.55. The molecule has 1 fully saturated rings. The molecule has 1 saturated heterocycles. The lowest BCUT2D eigenvalue weighted by Gasteiger charge is -2.52. The Labute approximate surface area is 175 Å². The molecule has 1 heterocycles. The van der Waals surface area contributed by atoms with E-state index in [-0.39, 0.29) is 10.9 Å². The van der Waals surface area contributed by atoms with Crippen LogP contribution in [0.1, 0.15) is 43.1 Å². The van der Waals surface area contributed by atoms with Crippen LogP contribution in [0.5, 0.6) is 5.75 Å². The summed E-state index contributed by atoms with van der Waals surface area (Å²) in [6, 6.07) is 17.0. The number of ether oxygens (including phenoxy) is 2. The maximum atomic E-state index is 6.80. The van der Waals surface area contributed by atoms with E-state index in [2.05, 4.69) is 87.7 Å². The lowest BCUT2D eigenvalue weighted by molar-refractivity contribution is -0.0134. The Balaban J connectivity index is 1.62. The molecule has 0 saturated carbocycles. The summed E-state index contributed by atoms with van der Waals surface area (Å²) in [5, 5.41) is 0.337. The van der Waals surface area contributed by atoms with Gasteiger partial charge in [0, 0.05) is 10.7 Å². The van der Waals surface area contributed by atoms with Crippen molar-refractivity contribution < 1.29 is 9.47 Å². The minimum absolute atomic E-state index is 0.192. The lowest BCUT2D eigenvalue weighted by Crippen LogP contribution is -2.51. The molecule has 0 aromatic heterocycles. The van der Waals surface area contributed by atoms with E-state index < -0.39 is 8.07 Å². The first-order valence-corrected chi connectivity index (χ1v) is 14.8. The fourth-order valence-electron chi connectivity index (χ4n) is 4.44. The Bertz CT molecular complexity index is 828. The highest BCUT2D eigenvalue weighted by Gasteiger charge is 2.50. The predicted molar refractivity (Wildman–Crippen MR) is 122 cm³/mol. The summed E-state index contributed by atoms with van der Waals surface area (Å²) in [7, 11) is -1.41. The van der Waals surface area contributed by atoms with Crippen molar-refractivity contribution in [1.29, 1.82) is 0 Å². The number of rotatable bonds is 4. The summed E-state index contributed by atoms with van der Waals surface area (Å²) >= 11 is 2.08. The van der Waals surface area contributed by atoms with Gasteiger partial charge in [-0.25, -0.2) is 0 Å². The molecule has 1 aliphatic carbocycles. The Morgan fingerprint density at radius 3 is 2.54 bits per heavy atom. The van der Waals surface area contributed by atoms with Gasteiger partial charge in [-0.05, 0) is 35.6 Å². The number of benzene rings is 2. The van der Waals surface area contributed by atoms with Crippen molar-refractivity contribution in [3.05, 3.63) is 65.2 Å². The third-order valence-corrected chi connectivity index (χ3v) is 11.3. The van der Waals surface area contributed by atoms with Crippen LogP contribution in [0.25, 0.3) is 0 Å². The van der Waals surface area contributed by atoms with E-state index in [9.17, 15) is 0 Å². The Morgan fingerprint density at radius 2 is 1.82 bits per heavy atom. The van der Waals surface area contributed by atoms with Crippen LogP contribution in [-0.4, -0.2) is 17.9 Å². The average Bonchev–Trinajstić information content (AvgIpc) is 2.65. The third kappa shape index (κ3) is 3.92. The number of hydrogen-bond donors (Lipinski definition) is 0. The van der Waals surface area contributed by atoms with Crippen molar-refractivity contribution in [2.24, 2.45) is 5.92 Å². The quantitative estimate of drug-likeness (QED) is 0.526. The fourth-order valence-corrected chi connectivity index (χ4v) is 8.46. The zero-order chi connectivity index (χ0) is 19.9. The fraction of sp³-hybridized carbons (Fsp3) is 0.500. The van der Waals surface area contributed by atoms with Gasteiger partial charge in [0.25, 0.3) is 0 Å². The van der Waals surface area contributed by atoms with Gasteiger partial charge in [-0.2, -0.15) is 0 Å². The smallest absolute Gasteiger partial charge is 0.123 e. The summed E-state index contributed by atoms with van der Waals surface area (Å²) in [4.78, 5) is 0. The molecule has 0 amide bonds. The maximum absolute atomic E-state index is 6.80. The van der Waals surface area contributed by atoms with Crippen LogP contribution in [0.4, 0.5) is 0 Å². The van der Waals surface area contributed by atoms with Gasteiger partial charge >= 0.3 is 0 Å². The van der Waals surface area contributed by atoms with Gasteiger partial charge in [0.15, 0.2) is 0 Å². The Hall–Kier alpha value is -1.23. The Morgan fingerprint density at radius 1 is 1.07 bits per heavy atom. The topological polar surface area (TPSA) is 18.5 Å². The van der Waals surface area contributed by atoms with E-state index in [1.54, 1.807) is 0 Å². The highest BCUT2D eigenvalue weighted by atomic mass is 32.2. The van der Waals surface area contributed by atoms with Gasteiger partial charge < -0.3 is 9.47 Å². The third-order valence-electron chi connectivity index (χ3n) is 6.06. The molecule has 28 heavy (non-hydrogen) atoms. The minimum Gasteiger partial charge on any atom is -0.489 e. The summed E-state index contributed by atoms with van der Waals surface area (Å²) < 4.78 is 13.3. The van der Waals surface area contributed by atoms with E-state index in [1.165, 1.54) is 23.1 Å². The maximum Gasteiger partial charge on any atom is 0.123 e. The van der Waals surface area contributed by atoms with Crippen molar-refractivity contribution in [2.75, 3.05) is 0 Å². The van der Waals surface area contributed by atoms with Gasteiger partial charge in [0.2, 0.25) is 0 Å². The molecule has 0 unspecified atom stereocenters. The molecule has 2 aromatic carbocycles. The monoisotopic (exact) mass is 412 g/mol. The van der Waals surface area contributed by atoms with Crippen molar-refractivity contribution in [1.82, 2.24) is 0 Å². The second-order valence-electron chi connectivity index (χ2n) is 9.72. The van der Waals surface area contributed by atoms with Gasteiger partial charge in [0.05, 0.1) is 19.2 Å². The van der Waals surface area contributed by atoms with Crippen molar-refractivity contribution in [3.8, 4) is 5.75 Å². The van der Waals surface area contributed by atoms with Crippen LogP contribution < -0.4 is 4.74 Å². The Kier molecular flexibility index (Phi) is 5.41. The van der Waals surface area contributed by atoms with Crippen LogP contribution >= 0.6 is 11.8 Å². The molecule has 0 spiro atoms. The minimum atomic E-state index is -1.41. The van der Waals surface area contributed by atoms with E-state index in [0.717, 1.165) is 12.2 Å². The molecule has 150 valence electrons. The number of thioether (sulfide) groups is 1. The normalized spacial score (nSPS) is 26.2. The molecule has 2 aliphatic rings. The molecule has 0 radical (unpaired) electrons. The average molecular weight is 413 g/mol. The van der Waals surface area contributed by atoms with Crippen molar-refractivity contribution >= 4 is 19.8 Å². The molecule has 2 nitrogen and oxygen atoms in total. The zero-order valence-electron chi connectivity index (χ0n) is 17.7. The van der Waals surface area contributed by atoms with Gasteiger partial charge in [-0.15, -0.1) is 11.8 Å². The van der Waals surface area contributed by atoms with Crippen molar-refractivity contribution in [2.45, 2.75) is 68.8 Å². The van der Waals surface area contributed by atoms with E-state index in [0.29, 0.717) is 17.6 Å². The number of hydrogen-bond acceptors (Lipinski definition) is 3. The summed E-state index contributed by atoms with van der Waals surface area (Å²) in [5.41, 5.74) is 3.93. The van der Waals surface area contributed by atoms with Gasteiger partial charge in [-0.1, -0.05) is 76.0 Å². The lowest BCUT2D eigenvalue weighted by atomic mass is 9.75. The summed E-state index contributed by atoms with van der Waals surface area (Å²) in [5.74, 6) is 1.59. The number of fused-ring (bicyclic) bond motifs is 3. The van der Waals surface area contributed by atoms with Gasteiger partial charge in [0.1, 0.15) is 12.4 Å². The molecule has 1 aliphatic heterocycles. The second-order valence-corrected chi connectivity index (χ2v) is 17.1. The van der Waals surface area contributed by atoms with Crippen LogP contribution in [0, 0.1) is 5.92 Å². The van der Waals surface area contributed by atoms with E-state index >= 15 is 0 Å². The molecule has 3 atom stereocenters. The largest absolute Gasteiger partial charge is 0.489 e. The molecule has 0 N–H and O–H groups in total. The zero-order valence-corrected chi connectivity index (χ0v) is 19.5. The highest BCUT2D eigenvalue weighted by Crippen LogP contribution is 2.56. The molecular formula is C24H32O2SSi. The van der Waals surface area contributed by atoms with E-state index in [4.69, 9.17) is 9.47 Å². The van der Waals surface area contributed by atoms with Crippen LogP contribution in [-0.2, 0) is 17.8 Å². The van der Waals surface area contributed by atoms with Gasteiger partial charge in [-0.3, -0.25) is 0 Å². The molecule has 4 heteroatoms. The molecule has 2 aromatic rings. The molecule has 0 bridgehead atoms. The molecule has 4 rings (SSSR count). The van der Waals surface area contributed by atoms with Crippen LogP contribution in [0.3, 0.4) is 0 Å². The first-order valence-electron chi connectivity index (χ1n) is 10.4. The first kappa shape index (κ1) is 20.1. The summed E-state index contributed by atoms with van der Waals surface area (Å²) in [6.07, 6.45) is 2.44. The van der Waals surface area contributed by atoms with E-state index in [1.807, 2.05) is 6.07 Å². The first-order chi connectivity index (χ1) is 13.3. The molecular weight excluding hydrogens is 380 g/mol. The standard InChI is InChI=1S/C24H32O2SSi/c1-24(2)20-15-14-18-19(22(20)26-23(27-24)28(3,4)5)12-9-13-21(18)25-16-17-10-7-6-8-11-17/h6-13,20,22-23H,14-16H2,1-5H3/t20-,22+,23+/m0/s1. The van der Waals surface area contributed by atoms with Crippen molar-refractivity contribution in [3.63, 3.8) is 0 Å². The summed E-state index contributed by atoms with van der Waals surface area (Å²) in [6.45, 7) is 12.7. The van der Waals surface area contributed by atoms with Crippen LogP contribution in [0.15, 0.2) is 48.5 Å². The predicted octanol–water partition coefficient (Wildman–Crippen LogP) is 6.61. The van der Waals surface area contributed by atoms with Crippen LogP contribution in [0.2, 0.25) is 19.6 Å².